The van der Waals surface area contributed by atoms with Gasteiger partial charge < -0.3 is 15.3 Å². The van der Waals surface area contributed by atoms with E-state index in [1.54, 1.807) is 0 Å². The summed E-state index contributed by atoms with van der Waals surface area (Å²) < 4.78 is 0. The highest BCUT2D eigenvalue weighted by Crippen LogP contribution is 2.40. The molecule has 0 radical (unpaired) electrons. The number of hydrogen-bond donors (Lipinski definition) is 2. The molecule has 0 saturated heterocycles. The molecule has 0 spiro atoms. The number of hydrogen-bond acceptors (Lipinski definition) is 3. The van der Waals surface area contributed by atoms with Crippen LogP contribution in [0.4, 0.5) is 0 Å². The van der Waals surface area contributed by atoms with E-state index in [4.69, 9.17) is 0 Å². The Kier molecular flexibility index (Phi) is 5.72. The molecule has 3 heteroatoms. The van der Waals surface area contributed by atoms with Gasteiger partial charge in [-0.25, -0.2) is 0 Å². The second-order valence-electron chi connectivity index (χ2n) is 8.74. The van der Waals surface area contributed by atoms with Gasteiger partial charge in [0.05, 0.1) is 6.10 Å². The zero-order chi connectivity index (χ0) is 15.6. The number of nitrogens with zero attached hydrogens (tertiary/aromatic N) is 1. The fourth-order valence-corrected chi connectivity index (χ4v) is 4.40. The maximum absolute atomic E-state index is 9.43. The molecule has 0 aromatic heterocycles. The highest BCUT2D eigenvalue weighted by atomic mass is 16.3. The summed E-state index contributed by atoms with van der Waals surface area (Å²) >= 11 is 0. The number of aliphatic hydroxyl groups is 1. The summed E-state index contributed by atoms with van der Waals surface area (Å²) in [4.78, 5) is 2.51. The van der Waals surface area contributed by atoms with Crippen LogP contribution in [0.2, 0.25) is 0 Å². The van der Waals surface area contributed by atoms with E-state index in [1.165, 1.54) is 25.8 Å². The Bertz CT molecular complexity index is 320. The first-order valence-corrected chi connectivity index (χ1v) is 8.83. The molecule has 0 aromatic rings. The zero-order valence-electron chi connectivity index (χ0n) is 14.7. The van der Waals surface area contributed by atoms with Gasteiger partial charge in [0.25, 0.3) is 0 Å². The molecule has 2 aliphatic rings. The van der Waals surface area contributed by atoms with Crippen LogP contribution in [-0.4, -0.2) is 49.3 Å². The maximum atomic E-state index is 9.43. The lowest BCUT2D eigenvalue weighted by Gasteiger charge is -2.44. The van der Waals surface area contributed by atoms with Crippen molar-refractivity contribution in [3.8, 4) is 0 Å². The Morgan fingerprint density at radius 2 is 1.76 bits per heavy atom. The molecule has 2 fully saturated rings. The Morgan fingerprint density at radius 3 is 2.29 bits per heavy atom. The van der Waals surface area contributed by atoms with E-state index in [1.807, 2.05) is 0 Å². The summed E-state index contributed by atoms with van der Waals surface area (Å²) in [6.07, 6.45) is 6.04. The van der Waals surface area contributed by atoms with Crippen LogP contribution in [0.5, 0.6) is 0 Å². The van der Waals surface area contributed by atoms with Crippen LogP contribution in [0, 0.1) is 23.2 Å². The summed E-state index contributed by atoms with van der Waals surface area (Å²) in [7, 11) is 4.38. The number of nitrogens with one attached hydrogen (secondary N) is 1. The van der Waals surface area contributed by atoms with Gasteiger partial charge in [0.15, 0.2) is 0 Å². The third kappa shape index (κ3) is 4.67. The standard InChI is InChI=1S/C18H36N2O/c1-18(2,3)15-6-7-17(19-4)14(10-15)12-20(5)11-13-8-16(21)9-13/h13-17,19,21H,6-12H2,1-5H3. The number of rotatable bonds is 5. The van der Waals surface area contributed by atoms with Crippen LogP contribution in [0.15, 0.2) is 0 Å². The summed E-state index contributed by atoms with van der Waals surface area (Å²) in [5.74, 6) is 2.34. The smallest absolute Gasteiger partial charge is 0.0546 e. The number of aliphatic hydroxyl groups excluding tert-OH is 1. The van der Waals surface area contributed by atoms with E-state index in [-0.39, 0.29) is 6.10 Å². The van der Waals surface area contributed by atoms with Crippen LogP contribution in [-0.2, 0) is 0 Å². The average Bonchev–Trinajstić information content (AvgIpc) is 2.35. The molecule has 0 aliphatic heterocycles. The van der Waals surface area contributed by atoms with Gasteiger partial charge >= 0.3 is 0 Å². The van der Waals surface area contributed by atoms with E-state index in [2.05, 4.69) is 45.1 Å². The van der Waals surface area contributed by atoms with Crippen molar-refractivity contribution in [1.82, 2.24) is 10.2 Å². The fourth-order valence-electron chi connectivity index (χ4n) is 4.40. The van der Waals surface area contributed by atoms with Gasteiger partial charge in [0, 0.05) is 19.1 Å². The third-order valence-electron chi connectivity index (χ3n) is 5.90. The van der Waals surface area contributed by atoms with E-state index >= 15 is 0 Å². The van der Waals surface area contributed by atoms with E-state index in [0.717, 1.165) is 37.1 Å². The summed E-state index contributed by atoms with van der Waals surface area (Å²) in [5.41, 5.74) is 0.438. The van der Waals surface area contributed by atoms with Crippen LogP contribution in [0.25, 0.3) is 0 Å². The lowest BCUT2D eigenvalue weighted by atomic mass is 9.67. The first kappa shape index (κ1) is 17.2. The fraction of sp³-hybridized carbons (Fsp3) is 1.00. The van der Waals surface area contributed by atoms with Crippen molar-refractivity contribution < 1.29 is 5.11 Å². The van der Waals surface area contributed by atoms with Crippen molar-refractivity contribution >= 4 is 0 Å². The SMILES string of the molecule is CNC1CCC(C(C)(C)C)CC1CN(C)CC1CC(O)C1. The lowest BCUT2D eigenvalue weighted by molar-refractivity contribution is 0.0213. The monoisotopic (exact) mass is 296 g/mol. The van der Waals surface area contributed by atoms with Gasteiger partial charge in [0.1, 0.15) is 0 Å². The molecule has 3 nitrogen and oxygen atoms in total. The van der Waals surface area contributed by atoms with Crippen molar-refractivity contribution in [3.05, 3.63) is 0 Å². The molecule has 0 aromatic carbocycles. The molecular weight excluding hydrogens is 260 g/mol. The van der Waals surface area contributed by atoms with Crippen molar-refractivity contribution in [2.75, 3.05) is 27.2 Å². The summed E-state index contributed by atoms with van der Waals surface area (Å²) in [6.45, 7) is 9.55. The Labute approximate surface area is 131 Å². The molecule has 2 N–H and O–H groups in total. The quantitative estimate of drug-likeness (QED) is 0.819. The Morgan fingerprint density at radius 1 is 1.10 bits per heavy atom. The first-order chi connectivity index (χ1) is 9.79. The van der Waals surface area contributed by atoms with E-state index < -0.39 is 0 Å². The van der Waals surface area contributed by atoms with Gasteiger partial charge in [-0.2, -0.15) is 0 Å². The largest absolute Gasteiger partial charge is 0.393 e. The van der Waals surface area contributed by atoms with Crippen molar-refractivity contribution in [2.24, 2.45) is 23.2 Å². The highest BCUT2D eigenvalue weighted by Gasteiger charge is 2.36. The normalized spacial score (nSPS) is 37.6. The minimum Gasteiger partial charge on any atom is -0.393 e. The molecule has 2 aliphatic carbocycles. The van der Waals surface area contributed by atoms with Crippen LogP contribution < -0.4 is 5.32 Å². The third-order valence-corrected chi connectivity index (χ3v) is 5.90. The maximum Gasteiger partial charge on any atom is 0.0546 e. The molecular formula is C18H36N2O. The first-order valence-electron chi connectivity index (χ1n) is 8.83. The second kappa shape index (κ2) is 6.97. The van der Waals surface area contributed by atoms with Crippen LogP contribution in [0.3, 0.4) is 0 Å². The Balaban J connectivity index is 1.85. The minimum atomic E-state index is -0.0200. The summed E-state index contributed by atoms with van der Waals surface area (Å²) in [6, 6.07) is 0.679. The minimum absolute atomic E-state index is 0.0200. The molecule has 21 heavy (non-hydrogen) atoms. The van der Waals surface area contributed by atoms with Crippen molar-refractivity contribution in [3.63, 3.8) is 0 Å². The van der Waals surface area contributed by atoms with E-state index in [9.17, 15) is 5.11 Å². The zero-order valence-corrected chi connectivity index (χ0v) is 14.7. The van der Waals surface area contributed by atoms with E-state index in [0.29, 0.717) is 11.5 Å². The average molecular weight is 296 g/mol. The van der Waals surface area contributed by atoms with Gasteiger partial charge in [-0.15, -0.1) is 0 Å². The molecule has 0 heterocycles. The highest BCUT2D eigenvalue weighted by molar-refractivity contribution is 4.90. The van der Waals surface area contributed by atoms with Gasteiger partial charge in [-0.1, -0.05) is 20.8 Å². The lowest BCUT2D eigenvalue weighted by Crippen LogP contribution is -2.47. The van der Waals surface area contributed by atoms with Gasteiger partial charge in [0.2, 0.25) is 0 Å². The predicted molar refractivity (Wildman–Crippen MR) is 89.4 cm³/mol. The summed E-state index contributed by atoms with van der Waals surface area (Å²) in [5, 5.41) is 13.0. The molecule has 2 rings (SSSR count). The topological polar surface area (TPSA) is 35.5 Å². The van der Waals surface area contributed by atoms with Crippen molar-refractivity contribution in [1.29, 1.82) is 0 Å². The predicted octanol–water partition coefficient (Wildman–Crippen LogP) is 2.74. The molecule has 2 saturated carbocycles. The molecule has 3 unspecified atom stereocenters. The van der Waals surface area contributed by atoms with Crippen molar-refractivity contribution in [2.45, 2.75) is 65.0 Å². The van der Waals surface area contributed by atoms with Crippen LogP contribution in [0.1, 0.15) is 52.9 Å². The molecule has 3 atom stereocenters. The molecule has 0 amide bonds. The Hall–Kier alpha value is -0.120. The molecule has 124 valence electrons. The van der Waals surface area contributed by atoms with Gasteiger partial charge in [-0.3, -0.25) is 0 Å². The second-order valence-corrected chi connectivity index (χ2v) is 8.74. The van der Waals surface area contributed by atoms with Gasteiger partial charge in [-0.05, 0) is 69.4 Å². The van der Waals surface area contributed by atoms with Crippen LogP contribution >= 0.6 is 0 Å². The molecule has 0 bridgehead atoms.